The van der Waals surface area contributed by atoms with E-state index in [0.29, 0.717) is 17.6 Å². The van der Waals surface area contributed by atoms with E-state index in [4.69, 9.17) is 21.3 Å². The van der Waals surface area contributed by atoms with Crippen LogP contribution in [0.1, 0.15) is 12.6 Å². The van der Waals surface area contributed by atoms with Gasteiger partial charge in [-0.05, 0) is 0 Å². The SMILES string of the molecule is Nc1nc(N)c2ncn(C3CC(O)[C@@H](CO)O3)c2n1. The zero-order chi connectivity index (χ0) is 13.6. The fourth-order valence-corrected chi connectivity index (χ4v) is 2.22. The van der Waals surface area contributed by atoms with Gasteiger partial charge in [-0.15, -0.1) is 0 Å². The number of imidazole rings is 1. The Labute approximate surface area is 107 Å². The Hall–Kier alpha value is -1.97. The highest BCUT2D eigenvalue weighted by Gasteiger charge is 2.35. The molecule has 6 N–H and O–H groups in total. The molecule has 3 heterocycles. The van der Waals surface area contributed by atoms with Crippen LogP contribution in [-0.2, 0) is 4.74 Å². The molecule has 1 fully saturated rings. The lowest BCUT2D eigenvalue weighted by molar-refractivity contribution is -0.0432. The van der Waals surface area contributed by atoms with E-state index in [1.165, 1.54) is 6.33 Å². The minimum Gasteiger partial charge on any atom is -0.394 e. The number of aliphatic hydroxyl groups excluding tert-OH is 2. The Morgan fingerprint density at radius 3 is 2.89 bits per heavy atom. The van der Waals surface area contributed by atoms with E-state index in [1.54, 1.807) is 4.57 Å². The van der Waals surface area contributed by atoms with Gasteiger partial charge in [0.25, 0.3) is 0 Å². The van der Waals surface area contributed by atoms with Gasteiger partial charge in [-0.1, -0.05) is 0 Å². The van der Waals surface area contributed by atoms with Gasteiger partial charge < -0.3 is 26.4 Å². The molecule has 0 radical (unpaired) electrons. The van der Waals surface area contributed by atoms with E-state index < -0.39 is 18.4 Å². The van der Waals surface area contributed by atoms with Gasteiger partial charge in [0.1, 0.15) is 17.8 Å². The van der Waals surface area contributed by atoms with Crippen LogP contribution < -0.4 is 11.5 Å². The molecule has 2 aromatic rings. The van der Waals surface area contributed by atoms with Crippen LogP contribution in [0, 0.1) is 0 Å². The van der Waals surface area contributed by atoms with Gasteiger partial charge in [0.2, 0.25) is 5.95 Å². The van der Waals surface area contributed by atoms with Crippen molar-refractivity contribution < 1.29 is 14.9 Å². The van der Waals surface area contributed by atoms with Crippen LogP contribution >= 0.6 is 0 Å². The van der Waals surface area contributed by atoms with Gasteiger partial charge in [0.05, 0.1) is 19.0 Å². The number of aromatic nitrogens is 4. The van der Waals surface area contributed by atoms with Crippen LogP contribution in [0.3, 0.4) is 0 Å². The van der Waals surface area contributed by atoms with Gasteiger partial charge in [-0.25, -0.2) is 4.98 Å². The number of aliphatic hydroxyl groups is 2. The van der Waals surface area contributed by atoms with Gasteiger partial charge in [0, 0.05) is 6.42 Å². The van der Waals surface area contributed by atoms with E-state index in [2.05, 4.69) is 15.0 Å². The van der Waals surface area contributed by atoms with Gasteiger partial charge in [0.15, 0.2) is 11.5 Å². The summed E-state index contributed by atoms with van der Waals surface area (Å²) in [5.41, 5.74) is 12.1. The molecule has 9 heteroatoms. The number of hydrogen-bond donors (Lipinski definition) is 4. The lowest BCUT2D eigenvalue weighted by atomic mass is 10.2. The molecule has 1 saturated heterocycles. The molecule has 2 unspecified atom stereocenters. The summed E-state index contributed by atoms with van der Waals surface area (Å²) in [6, 6.07) is 0. The maximum Gasteiger partial charge on any atom is 0.224 e. The van der Waals surface area contributed by atoms with Crippen molar-refractivity contribution >= 4 is 22.9 Å². The zero-order valence-corrected chi connectivity index (χ0v) is 9.97. The molecule has 0 amide bonds. The molecule has 3 rings (SSSR count). The van der Waals surface area contributed by atoms with Crippen molar-refractivity contribution in [3.63, 3.8) is 0 Å². The van der Waals surface area contributed by atoms with E-state index >= 15 is 0 Å². The summed E-state index contributed by atoms with van der Waals surface area (Å²) in [6.07, 6.45) is 0.0288. The fourth-order valence-electron chi connectivity index (χ4n) is 2.22. The molecule has 9 nitrogen and oxygen atoms in total. The molecular weight excluding hydrogens is 252 g/mol. The Balaban J connectivity index is 2.02. The molecule has 0 saturated carbocycles. The predicted octanol–water partition coefficient (Wildman–Crippen LogP) is -1.37. The quantitative estimate of drug-likeness (QED) is 0.521. The number of anilines is 2. The van der Waals surface area contributed by atoms with Crippen molar-refractivity contribution in [1.29, 1.82) is 0 Å². The van der Waals surface area contributed by atoms with Crippen molar-refractivity contribution in [2.24, 2.45) is 0 Å². The topological polar surface area (TPSA) is 145 Å². The molecule has 0 spiro atoms. The van der Waals surface area contributed by atoms with E-state index in [0.717, 1.165) is 0 Å². The van der Waals surface area contributed by atoms with Gasteiger partial charge in [-0.2, -0.15) is 9.97 Å². The average molecular weight is 266 g/mol. The summed E-state index contributed by atoms with van der Waals surface area (Å²) in [5.74, 6) is 0.238. The van der Waals surface area contributed by atoms with Crippen LogP contribution in [0.4, 0.5) is 11.8 Å². The monoisotopic (exact) mass is 266 g/mol. The van der Waals surface area contributed by atoms with Crippen molar-refractivity contribution in [2.75, 3.05) is 18.1 Å². The molecule has 1 aliphatic rings. The molecule has 0 aliphatic carbocycles. The summed E-state index contributed by atoms with van der Waals surface area (Å²) in [5, 5.41) is 18.8. The zero-order valence-electron chi connectivity index (χ0n) is 9.97. The number of nitrogen functional groups attached to an aromatic ring is 2. The second-order valence-corrected chi connectivity index (χ2v) is 4.41. The Kier molecular flexibility index (Phi) is 2.73. The first-order valence-corrected chi connectivity index (χ1v) is 5.80. The lowest BCUT2D eigenvalue weighted by Crippen LogP contribution is -2.24. The average Bonchev–Trinajstić information content (AvgIpc) is 2.92. The summed E-state index contributed by atoms with van der Waals surface area (Å²) >= 11 is 0. The standard InChI is InChI=1S/C10H14N6O3/c11-8-7-9(15-10(12)14-8)16(3-13-7)6-1-4(18)5(2-17)19-6/h3-6,17-18H,1-2H2,(H4,11,12,14,15)/t4?,5-,6?/m1/s1. The van der Waals surface area contributed by atoms with Crippen molar-refractivity contribution in [3.05, 3.63) is 6.33 Å². The number of rotatable bonds is 2. The summed E-state index contributed by atoms with van der Waals surface area (Å²) < 4.78 is 7.16. The van der Waals surface area contributed by atoms with Crippen molar-refractivity contribution in [2.45, 2.75) is 24.9 Å². The molecule has 2 aromatic heterocycles. The highest BCUT2D eigenvalue weighted by Crippen LogP contribution is 2.31. The Morgan fingerprint density at radius 1 is 1.42 bits per heavy atom. The molecule has 19 heavy (non-hydrogen) atoms. The Bertz CT molecular complexity index is 615. The number of nitrogens with two attached hydrogens (primary N) is 2. The third kappa shape index (κ3) is 1.87. The highest BCUT2D eigenvalue weighted by molar-refractivity contribution is 5.82. The number of fused-ring (bicyclic) bond motifs is 1. The van der Waals surface area contributed by atoms with Gasteiger partial charge >= 0.3 is 0 Å². The van der Waals surface area contributed by atoms with Crippen LogP contribution in [0.5, 0.6) is 0 Å². The first-order chi connectivity index (χ1) is 9.10. The summed E-state index contributed by atoms with van der Waals surface area (Å²) in [6.45, 7) is -0.246. The number of ether oxygens (including phenoxy) is 1. The largest absolute Gasteiger partial charge is 0.394 e. The highest BCUT2D eigenvalue weighted by atomic mass is 16.5. The lowest BCUT2D eigenvalue weighted by Gasteiger charge is -2.13. The third-order valence-corrected chi connectivity index (χ3v) is 3.16. The maximum absolute atomic E-state index is 9.74. The second kappa shape index (κ2) is 4.30. The molecule has 0 bridgehead atoms. The summed E-state index contributed by atoms with van der Waals surface area (Å²) in [4.78, 5) is 12.0. The van der Waals surface area contributed by atoms with Crippen LogP contribution in [-0.4, -0.2) is 48.5 Å². The minimum atomic E-state index is -0.732. The van der Waals surface area contributed by atoms with E-state index in [-0.39, 0.29) is 18.4 Å². The smallest absolute Gasteiger partial charge is 0.224 e. The number of hydrogen-bond acceptors (Lipinski definition) is 8. The second-order valence-electron chi connectivity index (χ2n) is 4.41. The van der Waals surface area contributed by atoms with E-state index in [9.17, 15) is 5.11 Å². The summed E-state index contributed by atoms with van der Waals surface area (Å²) in [7, 11) is 0. The van der Waals surface area contributed by atoms with Crippen molar-refractivity contribution in [3.8, 4) is 0 Å². The maximum atomic E-state index is 9.74. The molecule has 1 aliphatic heterocycles. The normalized spacial score (nSPS) is 27.2. The minimum absolute atomic E-state index is 0.0454. The van der Waals surface area contributed by atoms with Crippen LogP contribution in [0.2, 0.25) is 0 Å². The van der Waals surface area contributed by atoms with Crippen molar-refractivity contribution in [1.82, 2.24) is 19.5 Å². The Morgan fingerprint density at radius 2 is 2.21 bits per heavy atom. The van der Waals surface area contributed by atoms with E-state index in [1.807, 2.05) is 0 Å². The first-order valence-electron chi connectivity index (χ1n) is 5.80. The first kappa shape index (κ1) is 12.1. The fraction of sp³-hybridized carbons (Fsp3) is 0.500. The molecule has 102 valence electrons. The molecular formula is C10H14N6O3. The molecule has 3 atom stereocenters. The number of nitrogens with zero attached hydrogens (tertiary/aromatic N) is 4. The third-order valence-electron chi connectivity index (χ3n) is 3.16. The van der Waals surface area contributed by atoms with Crippen LogP contribution in [0.25, 0.3) is 11.2 Å². The van der Waals surface area contributed by atoms with Crippen LogP contribution in [0.15, 0.2) is 6.33 Å². The predicted molar refractivity (Wildman–Crippen MR) is 65.8 cm³/mol. The van der Waals surface area contributed by atoms with Gasteiger partial charge in [-0.3, -0.25) is 4.57 Å². The molecule has 0 aromatic carbocycles.